The molecule has 0 spiro atoms. The fourth-order valence-corrected chi connectivity index (χ4v) is 2.12. The maximum absolute atomic E-state index is 11.9. The van der Waals surface area contributed by atoms with Gasteiger partial charge in [-0.1, -0.05) is 12.1 Å². The van der Waals surface area contributed by atoms with E-state index in [1.165, 1.54) is 24.3 Å². The van der Waals surface area contributed by atoms with Gasteiger partial charge in [0.1, 0.15) is 13.2 Å². The first-order chi connectivity index (χ1) is 11.1. The third-order valence-electron chi connectivity index (χ3n) is 3.28. The summed E-state index contributed by atoms with van der Waals surface area (Å²) >= 11 is 0. The van der Waals surface area contributed by atoms with Crippen molar-refractivity contribution in [2.24, 2.45) is 0 Å². The molecule has 2 aromatic carbocycles. The molecule has 0 aromatic heterocycles. The Morgan fingerprint density at radius 3 is 2.57 bits per heavy atom. The number of nitro benzene ring substituents is 1. The van der Waals surface area contributed by atoms with E-state index in [-0.39, 0.29) is 24.5 Å². The van der Waals surface area contributed by atoms with E-state index in [2.05, 4.69) is 0 Å². The van der Waals surface area contributed by atoms with Crippen LogP contribution in [-0.2, 0) is 4.74 Å². The summed E-state index contributed by atoms with van der Waals surface area (Å²) in [6.45, 7) is 0.314. The van der Waals surface area contributed by atoms with Crippen LogP contribution in [0.2, 0.25) is 0 Å². The lowest BCUT2D eigenvalue weighted by atomic mass is 10.2. The first kappa shape index (κ1) is 14.8. The van der Waals surface area contributed by atoms with Gasteiger partial charge in [0.05, 0.1) is 10.5 Å². The van der Waals surface area contributed by atoms with E-state index in [0.717, 1.165) is 0 Å². The Labute approximate surface area is 131 Å². The molecule has 1 aliphatic rings. The van der Waals surface area contributed by atoms with Gasteiger partial charge in [-0.05, 0) is 24.3 Å². The van der Waals surface area contributed by atoms with Gasteiger partial charge < -0.3 is 14.2 Å². The van der Waals surface area contributed by atoms with Crippen LogP contribution in [-0.4, -0.2) is 30.2 Å². The van der Waals surface area contributed by atoms with Crippen LogP contribution >= 0.6 is 0 Å². The van der Waals surface area contributed by atoms with Gasteiger partial charge in [0.15, 0.2) is 17.6 Å². The summed E-state index contributed by atoms with van der Waals surface area (Å²) in [5.74, 6) is 0.697. The van der Waals surface area contributed by atoms with Crippen molar-refractivity contribution in [2.45, 2.75) is 6.10 Å². The standard InChI is InChI=1S/C16H13NO6/c18-16(11-5-7-12(8-6-11)17(19)20)22-10-13-9-21-14-3-1-2-4-15(14)23-13/h1-8,13H,9-10H2. The molecule has 3 rings (SSSR count). The molecule has 1 aliphatic heterocycles. The zero-order chi connectivity index (χ0) is 16.2. The number of carbonyl (C=O) groups is 1. The minimum atomic E-state index is -0.567. The summed E-state index contributed by atoms with van der Waals surface area (Å²) in [6.07, 6.45) is -0.396. The average Bonchev–Trinajstić information content (AvgIpc) is 2.59. The lowest BCUT2D eigenvalue weighted by Gasteiger charge is -2.26. The summed E-state index contributed by atoms with van der Waals surface area (Å²) in [7, 11) is 0. The Bertz CT molecular complexity index is 728. The van der Waals surface area contributed by atoms with Crippen LogP contribution in [0.3, 0.4) is 0 Å². The van der Waals surface area contributed by atoms with Gasteiger partial charge in [-0.3, -0.25) is 10.1 Å². The van der Waals surface area contributed by atoms with Crippen LogP contribution in [0.5, 0.6) is 11.5 Å². The quantitative estimate of drug-likeness (QED) is 0.489. The molecule has 7 heteroatoms. The SMILES string of the molecule is O=C(OCC1COc2ccccc2O1)c1ccc([N+](=O)[O-])cc1. The summed E-state index contributed by atoms with van der Waals surface area (Å²) in [6, 6.07) is 12.5. The van der Waals surface area contributed by atoms with E-state index in [0.29, 0.717) is 11.5 Å². The van der Waals surface area contributed by atoms with Crippen LogP contribution in [0.15, 0.2) is 48.5 Å². The fraction of sp³-hybridized carbons (Fsp3) is 0.188. The Kier molecular flexibility index (Phi) is 4.09. The van der Waals surface area contributed by atoms with Crippen molar-refractivity contribution in [3.05, 3.63) is 64.2 Å². The van der Waals surface area contributed by atoms with Crippen molar-refractivity contribution in [3.8, 4) is 11.5 Å². The molecule has 1 unspecified atom stereocenters. The largest absolute Gasteiger partial charge is 0.486 e. The minimum absolute atomic E-state index is 0.0319. The number of non-ortho nitro benzene ring substituents is 1. The van der Waals surface area contributed by atoms with Crippen molar-refractivity contribution in [1.29, 1.82) is 0 Å². The highest BCUT2D eigenvalue weighted by Gasteiger charge is 2.22. The predicted molar refractivity (Wildman–Crippen MR) is 79.7 cm³/mol. The second-order valence-corrected chi connectivity index (χ2v) is 4.90. The van der Waals surface area contributed by atoms with Gasteiger partial charge in [0.25, 0.3) is 5.69 Å². The molecule has 0 saturated carbocycles. The van der Waals surface area contributed by atoms with E-state index >= 15 is 0 Å². The summed E-state index contributed by atoms with van der Waals surface area (Å²) in [5, 5.41) is 10.6. The summed E-state index contributed by atoms with van der Waals surface area (Å²) < 4.78 is 16.4. The van der Waals surface area contributed by atoms with Crippen molar-refractivity contribution in [2.75, 3.05) is 13.2 Å². The number of fused-ring (bicyclic) bond motifs is 1. The molecule has 7 nitrogen and oxygen atoms in total. The highest BCUT2D eigenvalue weighted by molar-refractivity contribution is 5.89. The minimum Gasteiger partial charge on any atom is -0.486 e. The number of esters is 1. The first-order valence-electron chi connectivity index (χ1n) is 6.93. The molecule has 1 atom stereocenters. The molecule has 118 valence electrons. The van der Waals surface area contributed by atoms with Gasteiger partial charge in [0, 0.05) is 12.1 Å². The van der Waals surface area contributed by atoms with E-state index in [1.54, 1.807) is 12.1 Å². The molecule has 0 N–H and O–H groups in total. The molecular formula is C16H13NO6. The van der Waals surface area contributed by atoms with Gasteiger partial charge in [0.2, 0.25) is 0 Å². The van der Waals surface area contributed by atoms with E-state index < -0.39 is 17.0 Å². The molecule has 0 amide bonds. The molecular weight excluding hydrogens is 302 g/mol. The van der Waals surface area contributed by atoms with Gasteiger partial charge >= 0.3 is 5.97 Å². The number of para-hydroxylation sites is 2. The number of nitro groups is 1. The van der Waals surface area contributed by atoms with Crippen LogP contribution in [0.4, 0.5) is 5.69 Å². The van der Waals surface area contributed by atoms with Crippen LogP contribution in [0.25, 0.3) is 0 Å². The molecule has 1 heterocycles. The van der Waals surface area contributed by atoms with E-state index in [9.17, 15) is 14.9 Å². The van der Waals surface area contributed by atoms with Gasteiger partial charge in [-0.15, -0.1) is 0 Å². The Morgan fingerprint density at radius 2 is 1.87 bits per heavy atom. The van der Waals surface area contributed by atoms with Crippen molar-refractivity contribution in [1.82, 2.24) is 0 Å². The molecule has 2 aromatic rings. The number of rotatable bonds is 4. The number of carbonyl (C=O) groups excluding carboxylic acids is 1. The third-order valence-corrected chi connectivity index (χ3v) is 3.28. The summed E-state index contributed by atoms with van der Waals surface area (Å²) in [4.78, 5) is 22.0. The first-order valence-corrected chi connectivity index (χ1v) is 6.93. The lowest BCUT2D eigenvalue weighted by molar-refractivity contribution is -0.384. The highest BCUT2D eigenvalue weighted by Crippen LogP contribution is 2.30. The van der Waals surface area contributed by atoms with Gasteiger partial charge in [-0.25, -0.2) is 4.79 Å². The molecule has 23 heavy (non-hydrogen) atoms. The maximum atomic E-state index is 11.9. The van der Waals surface area contributed by atoms with E-state index in [4.69, 9.17) is 14.2 Å². The van der Waals surface area contributed by atoms with E-state index in [1.807, 2.05) is 12.1 Å². The monoisotopic (exact) mass is 315 g/mol. The number of ether oxygens (including phenoxy) is 3. The second kappa shape index (κ2) is 6.35. The van der Waals surface area contributed by atoms with Crippen LogP contribution < -0.4 is 9.47 Å². The topological polar surface area (TPSA) is 87.9 Å². The Hall–Kier alpha value is -3.09. The molecule has 0 radical (unpaired) electrons. The van der Waals surface area contributed by atoms with Crippen LogP contribution in [0, 0.1) is 10.1 Å². The van der Waals surface area contributed by atoms with Gasteiger partial charge in [-0.2, -0.15) is 0 Å². The third kappa shape index (κ3) is 3.39. The average molecular weight is 315 g/mol. The zero-order valence-electron chi connectivity index (χ0n) is 12.0. The Morgan fingerprint density at radius 1 is 1.17 bits per heavy atom. The number of hydrogen-bond donors (Lipinski definition) is 0. The summed E-state index contributed by atoms with van der Waals surface area (Å²) in [5.41, 5.74) is 0.162. The second-order valence-electron chi connectivity index (χ2n) is 4.90. The molecule has 0 saturated heterocycles. The fourth-order valence-electron chi connectivity index (χ4n) is 2.12. The highest BCUT2D eigenvalue weighted by atomic mass is 16.6. The normalized spacial score (nSPS) is 15.7. The smallest absolute Gasteiger partial charge is 0.338 e. The molecule has 0 bridgehead atoms. The Balaban J connectivity index is 1.56. The van der Waals surface area contributed by atoms with Crippen molar-refractivity contribution in [3.63, 3.8) is 0 Å². The van der Waals surface area contributed by atoms with Crippen LogP contribution in [0.1, 0.15) is 10.4 Å². The predicted octanol–water partition coefficient (Wildman–Crippen LogP) is 2.59. The maximum Gasteiger partial charge on any atom is 0.338 e. The number of hydrogen-bond acceptors (Lipinski definition) is 6. The van der Waals surface area contributed by atoms with Crippen molar-refractivity contribution >= 4 is 11.7 Å². The zero-order valence-corrected chi connectivity index (χ0v) is 12.0. The number of benzene rings is 2. The molecule has 0 fully saturated rings. The lowest BCUT2D eigenvalue weighted by Crippen LogP contribution is -2.34. The molecule has 0 aliphatic carbocycles. The van der Waals surface area contributed by atoms with Crippen molar-refractivity contribution < 1.29 is 23.9 Å². The number of nitrogens with zero attached hydrogens (tertiary/aromatic N) is 1.